The number of hydrogen-bond donors (Lipinski definition) is 1. The highest BCUT2D eigenvalue weighted by Gasteiger charge is 2.51. The molecule has 0 bridgehead atoms. The van der Waals surface area contributed by atoms with E-state index in [0.717, 1.165) is 18.4 Å². The molecule has 0 radical (unpaired) electrons. The third-order valence-corrected chi connectivity index (χ3v) is 5.34. The van der Waals surface area contributed by atoms with Crippen molar-refractivity contribution in [1.29, 1.82) is 0 Å². The summed E-state index contributed by atoms with van der Waals surface area (Å²) in [4.78, 5) is 28.9. The Morgan fingerprint density at radius 1 is 1.27 bits per heavy atom. The number of benzene rings is 1. The van der Waals surface area contributed by atoms with E-state index in [4.69, 9.17) is 11.6 Å². The number of aryl methyl sites for hydroxylation is 1. The lowest BCUT2D eigenvalue weighted by molar-refractivity contribution is -0.118. The minimum atomic E-state index is -0.486. The van der Waals surface area contributed by atoms with Gasteiger partial charge in [-0.1, -0.05) is 35.1 Å². The van der Waals surface area contributed by atoms with Crippen molar-refractivity contribution in [2.45, 2.75) is 32.1 Å². The summed E-state index contributed by atoms with van der Waals surface area (Å²) in [6, 6.07) is 7.38. The molecule has 1 aromatic heterocycles. The summed E-state index contributed by atoms with van der Waals surface area (Å²) < 4.78 is 0. The molecule has 114 valence electrons. The van der Waals surface area contributed by atoms with Crippen LogP contribution in [0.4, 0.5) is 5.13 Å². The van der Waals surface area contributed by atoms with Crippen LogP contribution in [0.15, 0.2) is 24.3 Å². The van der Waals surface area contributed by atoms with Crippen molar-refractivity contribution < 1.29 is 9.59 Å². The van der Waals surface area contributed by atoms with Gasteiger partial charge in [0.05, 0.1) is 16.0 Å². The fourth-order valence-electron chi connectivity index (χ4n) is 2.53. The molecule has 1 aliphatic carbocycles. The number of rotatable bonds is 4. The Labute approximate surface area is 137 Å². The molecule has 0 atom stereocenters. The second kappa shape index (κ2) is 5.48. The number of aromatic nitrogens is 1. The molecule has 0 unspecified atom stereocenters. The van der Waals surface area contributed by atoms with E-state index in [0.29, 0.717) is 20.7 Å². The summed E-state index contributed by atoms with van der Waals surface area (Å²) in [5.41, 5.74) is 1.14. The van der Waals surface area contributed by atoms with Crippen LogP contribution in [0.25, 0.3) is 0 Å². The van der Waals surface area contributed by atoms with Crippen LogP contribution in [0.1, 0.15) is 40.7 Å². The molecule has 22 heavy (non-hydrogen) atoms. The largest absolute Gasteiger partial charge is 0.301 e. The Hall–Kier alpha value is -1.72. The topological polar surface area (TPSA) is 59.1 Å². The average Bonchev–Trinajstić information content (AvgIpc) is 3.19. The molecule has 1 amide bonds. The number of thiazole rings is 1. The number of anilines is 1. The van der Waals surface area contributed by atoms with Gasteiger partial charge in [0.1, 0.15) is 0 Å². The van der Waals surface area contributed by atoms with E-state index in [1.807, 2.05) is 12.1 Å². The second-order valence-electron chi connectivity index (χ2n) is 5.53. The Morgan fingerprint density at radius 2 is 1.91 bits per heavy atom. The van der Waals surface area contributed by atoms with E-state index >= 15 is 0 Å². The first-order valence-corrected chi connectivity index (χ1v) is 8.18. The fourth-order valence-corrected chi connectivity index (χ4v) is 3.52. The molecular weight excluding hydrogens is 320 g/mol. The number of carbonyl (C=O) groups excluding carboxylic acids is 2. The molecule has 1 saturated carbocycles. The lowest BCUT2D eigenvalue weighted by Gasteiger charge is -2.14. The molecule has 1 fully saturated rings. The SMILES string of the molecule is CC(=O)c1sc(NC(=O)C2(c3ccc(Cl)cc3)CC2)nc1C. The molecule has 6 heteroatoms. The molecular formula is C16H15ClN2O2S. The van der Waals surface area contributed by atoms with Crippen molar-refractivity contribution >= 4 is 39.8 Å². The Kier molecular flexibility index (Phi) is 3.78. The van der Waals surface area contributed by atoms with Gasteiger partial charge in [-0.3, -0.25) is 9.59 Å². The molecule has 0 aliphatic heterocycles. The number of hydrogen-bond acceptors (Lipinski definition) is 4. The predicted molar refractivity (Wildman–Crippen MR) is 87.8 cm³/mol. The van der Waals surface area contributed by atoms with Gasteiger partial charge in [-0.25, -0.2) is 4.98 Å². The van der Waals surface area contributed by atoms with Crippen molar-refractivity contribution in [3.8, 4) is 0 Å². The monoisotopic (exact) mass is 334 g/mol. The summed E-state index contributed by atoms with van der Waals surface area (Å²) in [5.74, 6) is -0.104. The smallest absolute Gasteiger partial charge is 0.236 e. The van der Waals surface area contributed by atoms with Gasteiger partial charge in [0.15, 0.2) is 10.9 Å². The first-order chi connectivity index (χ1) is 10.4. The van der Waals surface area contributed by atoms with Gasteiger partial charge in [-0.2, -0.15) is 0 Å². The molecule has 2 aromatic rings. The minimum absolute atomic E-state index is 0.0330. The first kappa shape index (κ1) is 15.2. The van der Waals surface area contributed by atoms with Crippen molar-refractivity contribution in [3.05, 3.63) is 45.4 Å². The highest BCUT2D eigenvalue weighted by Crippen LogP contribution is 2.49. The lowest BCUT2D eigenvalue weighted by atomic mass is 9.95. The highest BCUT2D eigenvalue weighted by molar-refractivity contribution is 7.17. The summed E-state index contributed by atoms with van der Waals surface area (Å²) in [6.07, 6.45) is 1.62. The van der Waals surface area contributed by atoms with Crippen LogP contribution in [-0.4, -0.2) is 16.7 Å². The molecule has 3 rings (SSSR count). The average molecular weight is 335 g/mol. The second-order valence-corrected chi connectivity index (χ2v) is 6.97. The number of halogens is 1. The number of nitrogens with zero attached hydrogens (tertiary/aromatic N) is 1. The maximum absolute atomic E-state index is 12.6. The first-order valence-electron chi connectivity index (χ1n) is 6.98. The maximum Gasteiger partial charge on any atom is 0.236 e. The Morgan fingerprint density at radius 3 is 2.41 bits per heavy atom. The third kappa shape index (κ3) is 2.66. The van der Waals surface area contributed by atoms with Crippen molar-refractivity contribution in [3.63, 3.8) is 0 Å². The summed E-state index contributed by atoms with van der Waals surface area (Å²) >= 11 is 7.12. The van der Waals surface area contributed by atoms with Crippen LogP contribution in [-0.2, 0) is 10.2 Å². The van der Waals surface area contributed by atoms with Gasteiger partial charge in [0.2, 0.25) is 5.91 Å². The molecule has 1 aliphatic rings. The van der Waals surface area contributed by atoms with Gasteiger partial charge in [-0.05, 0) is 37.5 Å². The zero-order chi connectivity index (χ0) is 15.9. The number of nitrogens with one attached hydrogen (secondary N) is 1. The number of Topliss-reactive ketones (excluding diaryl/α,β-unsaturated/α-hetero) is 1. The van der Waals surface area contributed by atoms with Crippen molar-refractivity contribution in [1.82, 2.24) is 4.98 Å². The predicted octanol–water partition coefficient (Wildman–Crippen LogP) is 3.98. The third-order valence-electron chi connectivity index (χ3n) is 3.92. The van der Waals surface area contributed by atoms with E-state index in [1.165, 1.54) is 18.3 Å². The molecule has 1 N–H and O–H groups in total. The van der Waals surface area contributed by atoms with E-state index in [1.54, 1.807) is 19.1 Å². The molecule has 1 heterocycles. The molecule has 0 spiro atoms. The lowest BCUT2D eigenvalue weighted by Crippen LogP contribution is -2.27. The zero-order valence-electron chi connectivity index (χ0n) is 12.3. The van der Waals surface area contributed by atoms with Crippen LogP contribution < -0.4 is 5.32 Å². The normalized spacial score (nSPS) is 15.4. The van der Waals surface area contributed by atoms with Crippen LogP contribution >= 0.6 is 22.9 Å². The summed E-state index contributed by atoms with van der Waals surface area (Å²) in [6.45, 7) is 3.27. The van der Waals surface area contributed by atoms with E-state index in [2.05, 4.69) is 10.3 Å². The van der Waals surface area contributed by atoms with Crippen LogP contribution in [0, 0.1) is 6.92 Å². The van der Waals surface area contributed by atoms with Crippen LogP contribution in [0.5, 0.6) is 0 Å². The van der Waals surface area contributed by atoms with E-state index in [9.17, 15) is 9.59 Å². The van der Waals surface area contributed by atoms with Crippen LogP contribution in [0.3, 0.4) is 0 Å². The van der Waals surface area contributed by atoms with Crippen molar-refractivity contribution in [2.75, 3.05) is 5.32 Å². The molecule has 0 saturated heterocycles. The number of amides is 1. The van der Waals surface area contributed by atoms with Gasteiger partial charge in [0.25, 0.3) is 0 Å². The summed E-state index contributed by atoms with van der Waals surface area (Å²) in [5, 5.41) is 3.99. The van der Waals surface area contributed by atoms with Gasteiger partial charge < -0.3 is 5.32 Å². The van der Waals surface area contributed by atoms with Crippen LogP contribution in [0.2, 0.25) is 5.02 Å². The zero-order valence-corrected chi connectivity index (χ0v) is 13.8. The minimum Gasteiger partial charge on any atom is -0.301 e. The van der Waals surface area contributed by atoms with E-state index < -0.39 is 5.41 Å². The maximum atomic E-state index is 12.6. The Balaban J connectivity index is 1.81. The molecule has 1 aromatic carbocycles. The number of ketones is 1. The number of carbonyl (C=O) groups is 2. The van der Waals surface area contributed by atoms with Gasteiger partial charge in [-0.15, -0.1) is 0 Å². The van der Waals surface area contributed by atoms with Crippen molar-refractivity contribution in [2.24, 2.45) is 0 Å². The Bertz CT molecular complexity index is 748. The quantitative estimate of drug-likeness (QED) is 0.860. The fraction of sp³-hybridized carbons (Fsp3) is 0.312. The molecule has 4 nitrogen and oxygen atoms in total. The summed E-state index contributed by atoms with van der Waals surface area (Å²) in [7, 11) is 0. The highest BCUT2D eigenvalue weighted by atomic mass is 35.5. The standard InChI is InChI=1S/C16H15ClN2O2S/c1-9-13(10(2)20)22-15(18-9)19-14(21)16(7-8-16)11-3-5-12(17)6-4-11/h3-6H,7-8H2,1-2H3,(H,18,19,21). The van der Waals surface area contributed by atoms with E-state index in [-0.39, 0.29) is 11.7 Å². The van der Waals surface area contributed by atoms with Gasteiger partial charge in [0, 0.05) is 11.9 Å². The van der Waals surface area contributed by atoms with Gasteiger partial charge >= 0.3 is 0 Å².